The molecule has 1 aliphatic carbocycles. The number of nitrogens with one attached hydrogen (secondary N) is 1. The lowest BCUT2D eigenvalue weighted by Gasteiger charge is -2.31. The van der Waals surface area contributed by atoms with Crippen LogP contribution in [0.5, 0.6) is 0 Å². The van der Waals surface area contributed by atoms with Crippen LogP contribution in [0.2, 0.25) is 0 Å². The molecule has 0 aromatic heterocycles. The highest BCUT2D eigenvalue weighted by molar-refractivity contribution is 4.86. The number of nitrogens with zero attached hydrogens (tertiary/aromatic N) is 1. The monoisotopic (exact) mass is 258 g/mol. The van der Waals surface area contributed by atoms with E-state index in [0.29, 0.717) is 18.6 Å². The van der Waals surface area contributed by atoms with Gasteiger partial charge < -0.3 is 15.2 Å². The average molecular weight is 258 g/mol. The van der Waals surface area contributed by atoms with E-state index in [-0.39, 0.29) is 6.10 Å². The molecular weight excluding hydrogens is 228 g/mol. The van der Waals surface area contributed by atoms with Crippen molar-refractivity contribution in [3.8, 4) is 0 Å². The van der Waals surface area contributed by atoms with Crippen LogP contribution in [0.4, 0.5) is 0 Å². The zero-order valence-electron chi connectivity index (χ0n) is 12.4. The second-order valence-corrected chi connectivity index (χ2v) is 5.78. The van der Waals surface area contributed by atoms with Gasteiger partial charge in [-0.2, -0.15) is 0 Å². The summed E-state index contributed by atoms with van der Waals surface area (Å²) < 4.78 is 5.16. The number of rotatable bonds is 10. The molecule has 108 valence electrons. The van der Waals surface area contributed by atoms with E-state index in [0.717, 1.165) is 25.6 Å². The molecule has 1 aliphatic rings. The Morgan fingerprint density at radius 2 is 2.00 bits per heavy atom. The molecule has 2 atom stereocenters. The van der Waals surface area contributed by atoms with Crippen molar-refractivity contribution >= 4 is 0 Å². The molecule has 18 heavy (non-hydrogen) atoms. The van der Waals surface area contributed by atoms with E-state index < -0.39 is 0 Å². The second-order valence-electron chi connectivity index (χ2n) is 5.78. The van der Waals surface area contributed by atoms with Crippen LogP contribution in [0.25, 0.3) is 0 Å². The topological polar surface area (TPSA) is 44.7 Å². The summed E-state index contributed by atoms with van der Waals surface area (Å²) in [5, 5.41) is 13.4. The molecule has 0 radical (unpaired) electrons. The first-order valence-corrected chi connectivity index (χ1v) is 7.19. The van der Waals surface area contributed by atoms with Crippen LogP contribution in [0.1, 0.15) is 33.6 Å². The van der Waals surface area contributed by atoms with E-state index in [2.05, 4.69) is 31.0 Å². The average Bonchev–Trinajstić information content (AvgIpc) is 3.15. The van der Waals surface area contributed by atoms with Crippen molar-refractivity contribution in [2.45, 2.75) is 51.8 Å². The summed E-state index contributed by atoms with van der Waals surface area (Å²) in [7, 11) is 1.73. The lowest BCUT2D eigenvalue weighted by atomic mass is 10.1. The van der Waals surface area contributed by atoms with Gasteiger partial charge in [0, 0.05) is 38.8 Å². The fourth-order valence-electron chi connectivity index (χ4n) is 2.25. The number of aliphatic hydroxyl groups is 1. The second kappa shape index (κ2) is 8.10. The third-order valence-electron chi connectivity index (χ3n) is 3.67. The van der Waals surface area contributed by atoms with Crippen molar-refractivity contribution in [2.75, 3.05) is 33.4 Å². The summed E-state index contributed by atoms with van der Waals surface area (Å²) >= 11 is 0. The predicted molar refractivity (Wildman–Crippen MR) is 74.8 cm³/mol. The SMILES string of the molecule is COCCN(CC(O)CNC(C)C)C(C)C1CC1. The first-order chi connectivity index (χ1) is 8.54. The number of methoxy groups -OCH3 is 1. The van der Waals surface area contributed by atoms with Crippen LogP contribution in [-0.2, 0) is 4.74 Å². The van der Waals surface area contributed by atoms with Gasteiger partial charge in [0.05, 0.1) is 12.7 Å². The molecule has 2 N–H and O–H groups in total. The van der Waals surface area contributed by atoms with Crippen LogP contribution in [0, 0.1) is 5.92 Å². The van der Waals surface area contributed by atoms with E-state index in [1.807, 2.05) is 0 Å². The molecular formula is C14H30N2O2. The maximum absolute atomic E-state index is 10.1. The van der Waals surface area contributed by atoms with Gasteiger partial charge in [0.15, 0.2) is 0 Å². The molecule has 0 spiro atoms. The highest BCUT2D eigenvalue weighted by atomic mass is 16.5. The molecule has 4 nitrogen and oxygen atoms in total. The van der Waals surface area contributed by atoms with Crippen molar-refractivity contribution in [1.29, 1.82) is 0 Å². The van der Waals surface area contributed by atoms with Crippen molar-refractivity contribution in [3.63, 3.8) is 0 Å². The molecule has 0 heterocycles. The van der Waals surface area contributed by atoms with E-state index in [1.165, 1.54) is 12.8 Å². The first-order valence-electron chi connectivity index (χ1n) is 7.19. The predicted octanol–water partition coefficient (Wildman–Crippen LogP) is 1.09. The summed E-state index contributed by atoms with van der Waals surface area (Å²) in [5.74, 6) is 0.826. The van der Waals surface area contributed by atoms with Gasteiger partial charge >= 0.3 is 0 Å². The minimum absolute atomic E-state index is 0.301. The van der Waals surface area contributed by atoms with Gasteiger partial charge in [0.2, 0.25) is 0 Å². The van der Waals surface area contributed by atoms with Crippen LogP contribution in [-0.4, -0.2) is 61.5 Å². The minimum Gasteiger partial charge on any atom is -0.390 e. The summed E-state index contributed by atoms with van der Waals surface area (Å²) in [4.78, 5) is 2.37. The highest BCUT2D eigenvalue weighted by Gasteiger charge is 2.32. The Kier molecular flexibility index (Phi) is 7.15. The van der Waals surface area contributed by atoms with Gasteiger partial charge in [-0.25, -0.2) is 0 Å². The molecule has 4 heteroatoms. The largest absolute Gasteiger partial charge is 0.390 e. The first kappa shape index (κ1) is 15.9. The molecule has 0 aliphatic heterocycles. The van der Waals surface area contributed by atoms with E-state index in [4.69, 9.17) is 4.74 Å². The zero-order valence-corrected chi connectivity index (χ0v) is 12.4. The van der Waals surface area contributed by atoms with Crippen molar-refractivity contribution in [1.82, 2.24) is 10.2 Å². The number of aliphatic hydroxyl groups excluding tert-OH is 1. The molecule has 0 bridgehead atoms. The molecule has 1 rings (SSSR count). The number of hydrogen-bond donors (Lipinski definition) is 2. The smallest absolute Gasteiger partial charge is 0.0791 e. The van der Waals surface area contributed by atoms with E-state index >= 15 is 0 Å². The van der Waals surface area contributed by atoms with Gasteiger partial charge in [0.1, 0.15) is 0 Å². The van der Waals surface area contributed by atoms with Gasteiger partial charge in [0.25, 0.3) is 0 Å². The number of ether oxygens (including phenoxy) is 1. The fraction of sp³-hybridized carbons (Fsp3) is 1.00. The van der Waals surface area contributed by atoms with Crippen molar-refractivity contribution in [2.24, 2.45) is 5.92 Å². The van der Waals surface area contributed by atoms with Crippen LogP contribution < -0.4 is 5.32 Å². The normalized spacial score (nSPS) is 19.5. The van der Waals surface area contributed by atoms with Crippen molar-refractivity contribution in [3.05, 3.63) is 0 Å². The third-order valence-corrected chi connectivity index (χ3v) is 3.67. The standard InChI is InChI=1S/C14H30N2O2/c1-11(2)15-9-14(17)10-16(7-8-18-4)12(3)13-5-6-13/h11-15,17H,5-10H2,1-4H3. The Balaban J connectivity index is 2.33. The summed E-state index contributed by atoms with van der Waals surface area (Å²) in [6.07, 6.45) is 2.38. The Hall–Kier alpha value is -0.160. The quantitative estimate of drug-likeness (QED) is 0.616. The highest BCUT2D eigenvalue weighted by Crippen LogP contribution is 2.35. The molecule has 0 amide bonds. The van der Waals surface area contributed by atoms with Crippen LogP contribution in [0.15, 0.2) is 0 Å². The van der Waals surface area contributed by atoms with Gasteiger partial charge in [-0.3, -0.25) is 4.90 Å². The Morgan fingerprint density at radius 1 is 1.33 bits per heavy atom. The lowest BCUT2D eigenvalue weighted by molar-refractivity contribution is 0.0614. The maximum Gasteiger partial charge on any atom is 0.0791 e. The Bertz CT molecular complexity index is 220. The van der Waals surface area contributed by atoms with E-state index in [9.17, 15) is 5.11 Å². The minimum atomic E-state index is -0.301. The molecule has 2 unspecified atom stereocenters. The number of hydrogen-bond acceptors (Lipinski definition) is 4. The van der Waals surface area contributed by atoms with Crippen molar-refractivity contribution < 1.29 is 9.84 Å². The molecule has 0 aromatic carbocycles. The zero-order chi connectivity index (χ0) is 13.5. The summed E-state index contributed by atoms with van der Waals surface area (Å²) in [6, 6.07) is 0.988. The summed E-state index contributed by atoms with van der Waals surface area (Å²) in [5.41, 5.74) is 0. The molecule has 1 saturated carbocycles. The van der Waals surface area contributed by atoms with E-state index in [1.54, 1.807) is 7.11 Å². The Morgan fingerprint density at radius 3 is 2.50 bits per heavy atom. The molecule has 1 fully saturated rings. The lowest BCUT2D eigenvalue weighted by Crippen LogP contribution is -2.45. The fourth-order valence-corrected chi connectivity index (χ4v) is 2.25. The molecule has 0 aromatic rings. The van der Waals surface area contributed by atoms with Crippen LogP contribution >= 0.6 is 0 Å². The van der Waals surface area contributed by atoms with Gasteiger partial charge in [-0.05, 0) is 25.7 Å². The third kappa shape index (κ3) is 6.14. The van der Waals surface area contributed by atoms with Gasteiger partial charge in [-0.1, -0.05) is 13.8 Å². The summed E-state index contributed by atoms with van der Waals surface area (Å²) in [6.45, 7) is 9.52. The van der Waals surface area contributed by atoms with Gasteiger partial charge in [-0.15, -0.1) is 0 Å². The maximum atomic E-state index is 10.1. The Labute approximate surface area is 112 Å². The van der Waals surface area contributed by atoms with Crippen LogP contribution in [0.3, 0.4) is 0 Å². The molecule has 0 saturated heterocycles.